The van der Waals surface area contributed by atoms with Crippen molar-refractivity contribution < 1.29 is 17.5 Å². The van der Waals surface area contributed by atoms with Crippen LogP contribution in [0.2, 0.25) is 0 Å². The highest BCUT2D eigenvalue weighted by Gasteiger charge is 2.20. The van der Waals surface area contributed by atoms with Crippen molar-refractivity contribution in [2.45, 2.75) is 18.9 Å². The number of guanidine groups is 1. The van der Waals surface area contributed by atoms with E-state index in [0.29, 0.717) is 0 Å². The minimum absolute atomic E-state index is 0.182. The molecule has 1 atom stereocenters. The van der Waals surface area contributed by atoms with Crippen molar-refractivity contribution in [1.82, 2.24) is 0 Å². The van der Waals surface area contributed by atoms with E-state index in [-0.39, 0.29) is 12.0 Å². The molecule has 18 heavy (non-hydrogen) atoms. The maximum absolute atomic E-state index is 8.74. The van der Waals surface area contributed by atoms with Crippen LogP contribution in [-0.2, 0) is 16.8 Å². The molecule has 0 radical (unpaired) electrons. The van der Waals surface area contributed by atoms with Gasteiger partial charge in [0.2, 0.25) is 0 Å². The van der Waals surface area contributed by atoms with Crippen LogP contribution in [0.15, 0.2) is 29.3 Å². The van der Waals surface area contributed by atoms with Crippen molar-refractivity contribution in [3.8, 4) is 0 Å². The lowest BCUT2D eigenvalue weighted by molar-refractivity contribution is 0.381. The van der Waals surface area contributed by atoms with Crippen LogP contribution in [-0.4, -0.2) is 23.5 Å². The van der Waals surface area contributed by atoms with Gasteiger partial charge < -0.3 is 11.5 Å². The Balaban J connectivity index is 0.000000280. The third-order valence-corrected chi connectivity index (χ3v) is 2.41. The molecule has 0 bridgehead atoms. The van der Waals surface area contributed by atoms with Crippen molar-refractivity contribution >= 4 is 16.4 Å². The quantitative estimate of drug-likeness (QED) is 0.329. The van der Waals surface area contributed by atoms with E-state index in [1.54, 1.807) is 0 Å². The standard InChI is InChI=1S/C10H13N3.H2O4S/c11-10(12)13-9-6-5-7-3-1-2-4-8(7)9;1-5(2,3)4/h1-4,9H,5-6H2,(H4,11,12,13);(H2,1,2,3,4). The molecule has 1 aromatic rings. The number of nitrogens with zero attached hydrogens (tertiary/aromatic N) is 1. The van der Waals surface area contributed by atoms with E-state index >= 15 is 0 Å². The number of aliphatic imine (C=N–C) groups is 1. The van der Waals surface area contributed by atoms with Crippen LogP contribution in [0.5, 0.6) is 0 Å². The maximum atomic E-state index is 8.74. The molecular formula is C10H15N3O4S. The van der Waals surface area contributed by atoms with Gasteiger partial charge in [0.15, 0.2) is 5.96 Å². The summed E-state index contributed by atoms with van der Waals surface area (Å²) >= 11 is 0. The SMILES string of the molecule is NC(N)=NC1CCc2ccccc21.O=S(=O)(O)O. The van der Waals surface area contributed by atoms with Crippen LogP contribution in [0.3, 0.4) is 0 Å². The first-order chi connectivity index (χ1) is 8.27. The molecule has 1 unspecified atom stereocenters. The fraction of sp³-hybridized carbons (Fsp3) is 0.300. The summed E-state index contributed by atoms with van der Waals surface area (Å²) in [7, 11) is -4.67. The average molecular weight is 273 g/mol. The van der Waals surface area contributed by atoms with Gasteiger partial charge in [0.25, 0.3) is 0 Å². The van der Waals surface area contributed by atoms with Gasteiger partial charge in [0.05, 0.1) is 6.04 Å². The van der Waals surface area contributed by atoms with E-state index in [1.165, 1.54) is 11.1 Å². The topological polar surface area (TPSA) is 139 Å². The number of nitrogens with two attached hydrogens (primary N) is 2. The predicted octanol–water partition coefficient (Wildman–Crippen LogP) is 0.294. The molecule has 0 fully saturated rings. The van der Waals surface area contributed by atoms with E-state index in [9.17, 15) is 0 Å². The molecule has 0 heterocycles. The number of benzene rings is 1. The summed E-state index contributed by atoms with van der Waals surface area (Å²) in [6.07, 6.45) is 2.11. The third-order valence-electron chi connectivity index (χ3n) is 2.41. The first kappa shape index (κ1) is 14.4. The molecule has 0 saturated carbocycles. The number of fused-ring (bicyclic) bond motifs is 1. The molecule has 0 saturated heterocycles. The van der Waals surface area contributed by atoms with Crippen molar-refractivity contribution in [2.75, 3.05) is 0 Å². The van der Waals surface area contributed by atoms with Gasteiger partial charge >= 0.3 is 10.4 Å². The molecule has 1 aliphatic rings. The average Bonchev–Trinajstić information content (AvgIpc) is 2.59. The molecule has 8 heteroatoms. The van der Waals surface area contributed by atoms with Crippen molar-refractivity contribution in [3.63, 3.8) is 0 Å². The molecule has 100 valence electrons. The van der Waals surface area contributed by atoms with E-state index in [4.69, 9.17) is 29.0 Å². The third kappa shape index (κ3) is 5.13. The minimum atomic E-state index is -4.67. The Hall–Kier alpha value is -1.64. The minimum Gasteiger partial charge on any atom is -0.370 e. The van der Waals surface area contributed by atoms with Gasteiger partial charge in [0.1, 0.15) is 0 Å². The normalized spacial score (nSPS) is 17.3. The lowest BCUT2D eigenvalue weighted by atomic mass is 10.1. The highest BCUT2D eigenvalue weighted by molar-refractivity contribution is 7.79. The van der Waals surface area contributed by atoms with Gasteiger partial charge in [-0.2, -0.15) is 8.42 Å². The van der Waals surface area contributed by atoms with Gasteiger partial charge in [-0.3, -0.25) is 9.11 Å². The monoisotopic (exact) mass is 273 g/mol. The number of aryl methyl sites for hydroxylation is 1. The van der Waals surface area contributed by atoms with Gasteiger partial charge in [0, 0.05) is 0 Å². The molecule has 1 aromatic carbocycles. The maximum Gasteiger partial charge on any atom is 0.394 e. The lowest BCUT2D eigenvalue weighted by Gasteiger charge is -2.05. The number of rotatable bonds is 1. The van der Waals surface area contributed by atoms with E-state index in [1.807, 2.05) is 6.07 Å². The second kappa shape index (κ2) is 5.80. The zero-order valence-corrected chi connectivity index (χ0v) is 10.3. The van der Waals surface area contributed by atoms with Gasteiger partial charge in [-0.25, -0.2) is 4.99 Å². The Bertz CT molecular complexity index is 530. The fourth-order valence-electron chi connectivity index (χ4n) is 1.85. The Morgan fingerprint density at radius 3 is 2.39 bits per heavy atom. The Kier molecular flexibility index (Phi) is 4.65. The van der Waals surface area contributed by atoms with Crippen molar-refractivity contribution in [3.05, 3.63) is 35.4 Å². The molecule has 0 amide bonds. The van der Waals surface area contributed by atoms with Gasteiger partial charge in [-0.05, 0) is 24.0 Å². The molecule has 6 N–H and O–H groups in total. The number of hydrogen-bond acceptors (Lipinski definition) is 3. The predicted molar refractivity (Wildman–Crippen MR) is 67.5 cm³/mol. The van der Waals surface area contributed by atoms with Gasteiger partial charge in [-0.1, -0.05) is 24.3 Å². The summed E-state index contributed by atoms with van der Waals surface area (Å²) in [5.41, 5.74) is 13.4. The first-order valence-corrected chi connectivity index (χ1v) is 6.53. The molecule has 7 nitrogen and oxygen atoms in total. The molecule has 1 aliphatic carbocycles. The second-order valence-corrected chi connectivity index (χ2v) is 4.65. The largest absolute Gasteiger partial charge is 0.394 e. The first-order valence-electron chi connectivity index (χ1n) is 5.14. The molecule has 2 rings (SSSR count). The van der Waals surface area contributed by atoms with Crippen LogP contribution in [0.1, 0.15) is 23.6 Å². The zero-order chi connectivity index (χ0) is 13.8. The highest BCUT2D eigenvalue weighted by atomic mass is 32.3. The fourth-order valence-corrected chi connectivity index (χ4v) is 1.85. The van der Waals surface area contributed by atoms with Crippen molar-refractivity contribution in [1.29, 1.82) is 0 Å². The lowest BCUT2D eigenvalue weighted by Crippen LogP contribution is -2.23. The summed E-state index contributed by atoms with van der Waals surface area (Å²) in [5.74, 6) is 0.182. The summed E-state index contributed by atoms with van der Waals surface area (Å²) in [4.78, 5) is 4.19. The van der Waals surface area contributed by atoms with Gasteiger partial charge in [-0.15, -0.1) is 0 Å². The molecule has 0 aliphatic heterocycles. The molecule has 0 spiro atoms. The van der Waals surface area contributed by atoms with E-state index in [0.717, 1.165) is 12.8 Å². The summed E-state index contributed by atoms with van der Waals surface area (Å²) in [6, 6.07) is 8.49. The molecular weight excluding hydrogens is 258 g/mol. The van der Waals surface area contributed by atoms with E-state index in [2.05, 4.69) is 23.2 Å². The van der Waals surface area contributed by atoms with Crippen LogP contribution in [0.25, 0.3) is 0 Å². The summed E-state index contributed by atoms with van der Waals surface area (Å²) in [6.45, 7) is 0. The summed E-state index contributed by atoms with van der Waals surface area (Å²) < 4.78 is 31.6. The smallest absolute Gasteiger partial charge is 0.370 e. The Morgan fingerprint density at radius 2 is 1.83 bits per heavy atom. The summed E-state index contributed by atoms with van der Waals surface area (Å²) in [5, 5.41) is 0. The second-order valence-electron chi connectivity index (χ2n) is 3.76. The van der Waals surface area contributed by atoms with Crippen LogP contribution in [0, 0.1) is 0 Å². The zero-order valence-electron chi connectivity index (χ0n) is 9.52. The number of hydrogen-bond donors (Lipinski definition) is 4. The van der Waals surface area contributed by atoms with Crippen LogP contribution < -0.4 is 11.5 Å². The Labute approximate surface area is 105 Å². The molecule has 0 aromatic heterocycles. The van der Waals surface area contributed by atoms with Crippen LogP contribution in [0.4, 0.5) is 0 Å². The van der Waals surface area contributed by atoms with Crippen molar-refractivity contribution in [2.24, 2.45) is 16.5 Å². The van der Waals surface area contributed by atoms with E-state index < -0.39 is 10.4 Å². The Morgan fingerprint density at radius 1 is 1.28 bits per heavy atom. The highest BCUT2D eigenvalue weighted by Crippen LogP contribution is 2.33. The van der Waals surface area contributed by atoms with Crippen LogP contribution >= 0.6 is 0 Å².